The molecule has 4 heteroatoms. The summed E-state index contributed by atoms with van der Waals surface area (Å²) in [5.41, 5.74) is 0.890. The molecule has 0 unspecified atom stereocenters. The zero-order valence-electron chi connectivity index (χ0n) is 10.7. The van der Waals surface area contributed by atoms with Crippen LogP contribution in [0.2, 0.25) is 5.15 Å². The van der Waals surface area contributed by atoms with Gasteiger partial charge in [-0.05, 0) is 30.4 Å². The Balaban J connectivity index is 2.01. The highest BCUT2D eigenvalue weighted by Crippen LogP contribution is 2.35. The molecule has 1 fully saturated rings. The first-order chi connectivity index (χ1) is 8.61. The third-order valence-corrected chi connectivity index (χ3v) is 3.87. The summed E-state index contributed by atoms with van der Waals surface area (Å²) in [6.45, 7) is 3.21. The van der Waals surface area contributed by atoms with Crippen molar-refractivity contribution in [2.75, 3.05) is 11.9 Å². The Morgan fingerprint density at radius 1 is 1.39 bits per heavy atom. The van der Waals surface area contributed by atoms with E-state index in [2.05, 4.69) is 23.3 Å². The third kappa shape index (κ3) is 3.36. The number of halogens is 1. The molecule has 3 nitrogen and oxygen atoms in total. The minimum atomic E-state index is 0.342. The number of nitrogens with zero attached hydrogens (tertiary/aromatic N) is 2. The molecule has 18 heavy (non-hydrogen) atoms. The highest BCUT2D eigenvalue weighted by molar-refractivity contribution is 6.29. The van der Waals surface area contributed by atoms with Crippen LogP contribution >= 0.6 is 11.6 Å². The van der Waals surface area contributed by atoms with E-state index in [4.69, 9.17) is 16.9 Å². The van der Waals surface area contributed by atoms with Gasteiger partial charge in [-0.15, -0.1) is 0 Å². The van der Waals surface area contributed by atoms with Crippen molar-refractivity contribution >= 4 is 17.4 Å². The van der Waals surface area contributed by atoms with Crippen molar-refractivity contribution in [3.8, 4) is 6.07 Å². The van der Waals surface area contributed by atoms with Gasteiger partial charge >= 0.3 is 0 Å². The van der Waals surface area contributed by atoms with Gasteiger partial charge in [0.05, 0.1) is 11.6 Å². The predicted octanol–water partition coefficient (Wildman–Crippen LogP) is 3.99. The van der Waals surface area contributed by atoms with Crippen LogP contribution < -0.4 is 5.32 Å². The molecule has 2 rings (SSSR count). The number of anilines is 1. The number of hydrogen-bond acceptors (Lipinski definition) is 3. The van der Waals surface area contributed by atoms with E-state index in [9.17, 15) is 0 Å². The fourth-order valence-corrected chi connectivity index (χ4v) is 2.75. The van der Waals surface area contributed by atoms with E-state index in [1.54, 1.807) is 12.1 Å². The summed E-state index contributed by atoms with van der Waals surface area (Å²) in [6, 6.07) is 5.42. The molecule has 0 saturated heterocycles. The van der Waals surface area contributed by atoms with Gasteiger partial charge in [0.25, 0.3) is 0 Å². The molecule has 1 aliphatic carbocycles. The first kappa shape index (κ1) is 13.2. The van der Waals surface area contributed by atoms with Crippen molar-refractivity contribution in [1.29, 1.82) is 5.26 Å². The van der Waals surface area contributed by atoms with Crippen molar-refractivity contribution < 1.29 is 0 Å². The molecule has 0 amide bonds. The SMILES string of the molecule is CC1(CNc2cc(C#N)cc(Cl)n2)CCCCC1. The smallest absolute Gasteiger partial charge is 0.132 e. The van der Waals surface area contributed by atoms with Gasteiger partial charge in [-0.25, -0.2) is 4.98 Å². The summed E-state index contributed by atoms with van der Waals surface area (Å²) in [7, 11) is 0. The molecule has 1 saturated carbocycles. The van der Waals surface area contributed by atoms with Gasteiger partial charge < -0.3 is 5.32 Å². The molecule has 0 bridgehead atoms. The first-order valence-corrected chi connectivity index (χ1v) is 6.81. The molecule has 0 aliphatic heterocycles. The second-order valence-corrected chi connectivity index (χ2v) is 5.79. The largest absolute Gasteiger partial charge is 0.369 e. The zero-order valence-corrected chi connectivity index (χ0v) is 11.4. The number of nitrogens with one attached hydrogen (secondary N) is 1. The normalized spacial score (nSPS) is 18.1. The molecule has 1 aliphatic rings. The summed E-state index contributed by atoms with van der Waals surface area (Å²) < 4.78 is 0. The van der Waals surface area contributed by atoms with Crippen molar-refractivity contribution in [2.45, 2.75) is 39.0 Å². The molecule has 0 atom stereocenters. The minimum Gasteiger partial charge on any atom is -0.369 e. The maximum Gasteiger partial charge on any atom is 0.132 e. The van der Waals surface area contributed by atoms with Crippen LogP contribution in [0.1, 0.15) is 44.6 Å². The first-order valence-electron chi connectivity index (χ1n) is 6.43. The van der Waals surface area contributed by atoms with Gasteiger partial charge in [-0.1, -0.05) is 37.8 Å². The van der Waals surface area contributed by atoms with Crippen LogP contribution in [-0.2, 0) is 0 Å². The van der Waals surface area contributed by atoms with Crippen molar-refractivity contribution in [1.82, 2.24) is 4.98 Å². The highest BCUT2D eigenvalue weighted by Gasteiger charge is 2.26. The van der Waals surface area contributed by atoms with Gasteiger partial charge in [0.1, 0.15) is 11.0 Å². The Labute approximate surface area is 113 Å². The monoisotopic (exact) mass is 263 g/mol. The van der Waals surface area contributed by atoms with E-state index < -0.39 is 0 Å². The molecular weight excluding hydrogens is 246 g/mol. The van der Waals surface area contributed by atoms with E-state index in [-0.39, 0.29) is 0 Å². The zero-order chi connectivity index (χ0) is 13.0. The fraction of sp³-hybridized carbons (Fsp3) is 0.571. The Kier molecular flexibility index (Phi) is 4.08. The molecule has 0 spiro atoms. The summed E-state index contributed by atoms with van der Waals surface area (Å²) in [4.78, 5) is 4.20. The third-order valence-electron chi connectivity index (χ3n) is 3.68. The van der Waals surface area contributed by atoms with Crippen molar-refractivity contribution in [3.05, 3.63) is 22.8 Å². The van der Waals surface area contributed by atoms with E-state index in [1.165, 1.54) is 32.1 Å². The molecular formula is C14H18ClN3. The van der Waals surface area contributed by atoms with Crippen LogP contribution in [0.25, 0.3) is 0 Å². The molecule has 1 aromatic heterocycles. The summed E-state index contributed by atoms with van der Waals surface area (Å²) in [5, 5.41) is 12.6. The number of aromatic nitrogens is 1. The lowest BCUT2D eigenvalue weighted by molar-refractivity contribution is 0.233. The van der Waals surface area contributed by atoms with E-state index in [0.29, 0.717) is 21.9 Å². The lowest BCUT2D eigenvalue weighted by atomic mass is 9.76. The van der Waals surface area contributed by atoms with Crippen LogP contribution in [0.4, 0.5) is 5.82 Å². The van der Waals surface area contributed by atoms with Crippen molar-refractivity contribution in [2.24, 2.45) is 5.41 Å². The standard InChI is InChI=1S/C14H18ClN3/c1-14(5-3-2-4-6-14)10-17-13-8-11(9-16)7-12(15)18-13/h7-8H,2-6,10H2,1H3,(H,17,18). The second-order valence-electron chi connectivity index (χ2n) is 5.40. The molecule has 96 valence electrons. The van der Waals surface area contributed by atoms with Crippen LogP contribution in [0, 0.1) is 16.7 Å². The van der Waals surface area contributed by atoms with E-state index in [0.717, 1.165) is 6.54 Å². The average Bonchev–Trinajstić information content (AvgIpc) is 2.37. The Morgan fingerprint density at radius 2 is 2.11 bits per heavy atom. The lowest BCUT2D eigenvalue weighted by Gasteiger charge is -2.33. The van der Waals surface area contributed by atoms with Crippen LogP contribution in [0.3, 0.4) is 0 Å². The minimum absolute atomic E-state index is 0.342. The van der Waals surface area contributed by atoms with Gasteiger partial charge in [0, 0.05) is 6.54 Å². The van der Waals surface area contributed by atoms with Crippen LogP contribution in [0.15, 0.2) is 12.1 Å². The van der Waals surface area contributed by atoms with Gasteiger partial charge in [-0.3, -0.25) is 0 Å². The van der Waals surface area contributed by atoms with Gasteiger partial charge in [0.2, 0.25) is 0 Å². The Morgan fingerprint density at radius 3 is 2.78 bits per heavy atom. The highest BCUT2D eigenvalue weighted by atomic mass is 35.5. The number of rotatable bonds is 3. The topological polar surface area (TPSA) is 48.7 Å². The van der Waals surface area contributed by atoms with Crippen LogP contribution in [-0.4, -0.2) is 11.5 Å². The summed E-state index contributed by atoms with van der Waals surface area (Å²) in [6.07, 6.45) is 6.48. The molecule has 1 N–H and O–H groups in total. The second kappa shape index (κ2) is 5.58. The quantitative estimate of drug-likeness (QED) is 0.839. The Hall–Kier alpha value is -1.27. The van der Waals surface area contributed by atoms with Crippen LogP contribution in [0.5, 0.6) is 0 Å². The molecule has 1 aromatic rings. The lowest BCUT2D eigenvalue weighted by Crippen LogP contribution is -2.29. The van der Waals surface area contributed by atoms with Gasteiger partial charge in [0.15, 0.2) is 0 Å². The number of pyridine rings is 1. The molecule has 0 radical (unpaired) electrons. The van der Waals surface area contributed by atoms with Gasteiger partial charge in [-0.2, -0.15) is 5.26 Å². The van der Waals surface area contributed by atoms with E-state index in [1.807, 2.05) is 0 Å². The van der Waals surface area contributed by atoms with Crippen molar-refractivity contribution in [3.63, 3.8) is 0 Å². The maximum atomic E-state index is 8.89. The van der Waals surface area contributed by atoms with E-state index >= 15 is 0 Å². The predicted molar refractivity (Wildman–Crippen MR) is 73.6 cm³/mol. The molecule has 1 heterocycles. The number of nitriles is 1. The molecule has 0 aromatic carbocycles. The average molecular weight is 264 g/mol. The fourth-order valence-electron chi connectivity index (χ4n) is 2.54. The summed E-state index contributed by atoms with van der Waals surface area (Å²) in [5.74, 6) is 0.700. The maximum absolute atomic E-state index is 8.89. The summed E-state index contributed by atoms with van der Waals surface area (Å²) >= 11 is 5.88. The number of hydrogen-bond donors (Lipinski definition) is 1. The Bertz CT molecular complexity index is 459.